The number of rotatable bonds is 7. The molecule has 0 bridgehead atoms. The van der Waals surface area contributed by atoms with Crippen LogP contribution in [0.5, 0.6) is 0 Å². The minimum absolute atomic E-state index is 0.0328. The van der Waals surface area contributed by atoms with Gasteiger partial charge in [-0.2, -0.15) is 0 Å². The molecule has 1 N–H and O–H groups in total. The molecule has 1 aromatic heterocycles. The highest BCUT2D eigenvalue weighted by atomic mass is 35.5. The second-order valence-corrected chi connectivity index (χ2v) is 7.10. The Morgan fingerprint density at radius 1 is 1.18 bits per heavy atom. The Kier molecular flexibility index (Phi) is 5.71. The summed E-state index contributed by atoms with van der Waals surface area (Å²) >= 11 is 6.19. The van der Waals surface area contributed by atoms with E-state index in [0.29, 0.717) is 6.04 Å². The van der Waals surface area contributed by atoms with E-state index >= 15 is 0 Å². The van der Waals surface area contributed by atoms with Crippen molar-refractivity contribution >= 4 is 11.6 Å². The molecule has 0 fully saturated rings. The van der Waals surface area contributed by atoms with Crippen LogP contribution in [0.25, 0.3) is 0 Å². The summed E-state index contributed by atoms with van der Waals surface area (Å²) in [6.07, 6.45) is 1.98. The molecule has 0 aliphatic rings. The lowest BCUT2D eigenvalue weighted by Crippen LogP contribution is -2.34. The average Bonchev–Trinajstić information content (AvgIpc) is 2.88. The summed E-state index contributed by atoms with van der Waals surface area (Å²) < 4.78 is 5.79. The Hall–Kier alpha value is -1.25. The predicted octanol–water partition coefficient (Wildman–Crippen LogP) is 5.13. The van der Waals surface area contributed by atoms with Gasteiger partial charge in [-0.05, 0) is 57.0 Å². The molecule has 3 heteroatoms. The van der Waals surface area contributed by atoms with E-state index in [1.807, 2.05) is 31.2 Å². The van der Waals surface area contributed by atoms with Crippen LogP contribution >= 0.6 is 11.6 Å². The summed E-state index contributed by atoms with van der Waals surface area (Å²) in [5.74, 6) is 2.03. The number of furan rings is 1. The van der Waals surface area contributed by atoms with E-state index in [9.17, 15) is 0 Å². The van der Waals surface area contributed by atoms with Crippen molar-refractivity contribution in [2.45, 2.75) is 52.0 Å². The van der Waals surface area contributed by atoms with Crippen LogP contribution in [0.4, 0.5) is 0 Å². The van der Waals surface area contributed by atoms with Crippen molar-refractivity contribution in [2.75, 3.05) is 6.54 Å². The lowest BCUT2D eigenvalue weighted by Gasteiger charge is -2.26. The summed E-state index contributed by atoms with van der Waals surface area (Å²) in [4.78, 5) is 0. The monoisotopic (exact) mass is 319 g/mol. The molecule has 0 radical (unpaired) electrons. The normalized spacial score (nSPS) is 13.3. The van der Waals surface area contributed by atoms with Crippen LogP contribution in [-0.2, 0) is 11.8 Å². The Bertz CT molecular complexity index is 603. The van der Waals surface area contributed by atoms with Gasteiger partial charge in [-0.1, -0.05) is 43.6 Å². The molecule has 120 valence electrons. The van der Waals surface area contributed by atoms with Crippen LogP contribution in [0.15, 0.2) is 40.8 Å². The van der Waals surface area contributed by atoms with Gasteiger partial charge in [0.15, 0.2) is 0 Å². The first-order chi connectivity index (χ1) is 10.4. The topological polar surface area (TPSA) is 25.2 Å². The van der Waals surface area contributed by atoms with E-state index in [4.69, 9.17) is 16.0 Å². The third kappa shape index (κ3) is 4.62. The number of aryl methyl sites for hydroxylation is 1. The SMILES string of the molecule is Cc1ccc(C(C)(C)CC(C)NCCc2ccccc2Cl)o1. The first kappa shape index (κ1) is 17.1. The number of hydrogen-bond donors (Lipinski definition) is 1. The van der Waals surface area contributed by atoms with Gasteiger partial charge in [0.2, 0.25) is 0 Å². The summed E-state index contributed by atoms with van der Waals surface area (Å²) in [6.45, 7) is 9.61. The lowest BCUT2D eigenvalue weighted by atomic mass is 9.83. The quantitative estimate of drug-likeness (QED) is 0.765. The standard InChI is InChI=1S/C19H26ClNO/c1-14(13-19(3,4)18-10-9-15(2)22-18)21-12-11-16-7-5-6-8-17(16)20/h5-10,14,21H,11-13H2,1-4H3. The summed E-state index contributed by atoms with van der Waals surface area (Å²) in [6, 6.07) is 12.6. The average molecular weight is 320 g/mol. The van der Waals surface area contributed by atoms with E-state index in [-0.39, 0.29) is 5.41 Å². The first-order valence-corrected chi connectivity index (χ1v) is 8.30. The van der Waals surface area contributed by atoms with Crippen LogP contribution in [0.1, 0.15) is 44.3 Å². The number of benzene rings is 1. The van der Waals surface area contributed by atoms with E-state index < -0.39 is 0 Å². The fraction of sp³-hybridized carbons (Fsp3) is 0.474. The predicted molar refractivity (Wildman–Crippen MR) is 93.7 cm³/mol. The molecule has 22 heavy (non-hydrogen) atoms. The van der Waals surface area contributed by atoms with Gasteiger partial charge < -0.3 is 9.73 Å². The van der Waals surface area contributed by atoms with Gasteiger partial charge in [-0.15, -0.1) is 0 Å². The number of halogens is 1. The maximum atomic E-state index is 6.19. The van der Waals surface area contributed by atoms with E-state index in [1.54, 1.807) is 0 Å². The Balaban J connectivity index is 1.83. The molecule has 0 saturated heterocycles. The molecule has 2 nitrogen and oxygen atoms in total. The molecule has 0 saturated carbocycles. The van der Waals surface area contributed by atoms with Crippen LogP contribution < -0.4 is 5.32 Å². The van der Waals surface area contributed by atoms with Gasteiger partial charge in [0.1, 0.15) is 11.5 Å². The smallest absolute Gasteiger partial charge is 0.109 e. The second-order valence-electron chi connectivity index (χ2n) is 6.69. The molecule has 1 unspecified atom stereocenters. The third-order valence-electron chi connectivity index (χ3n) is 4.07. The summed E-state index contributed by atoms with van der Waals surface area (Å²) in [5.41, 5.74) is 1.23. The maximum absolute atomic E-state index is 6.19. The van der Waals surface area contributed by atoms with Crippen LogP contribution in [-0.4, -0.2) is 12.6 Å². The maximum Gasteiger partial charge on any atom is 0.109 e. The fourth-order valence-electron chi connectivity index (χ4n) is 2.89. The summed E-state index contributed by atoms with van der Waals surface area (Å²) in [7, 11) is 0. The highest BCUT2D eigenvalue weighted by molar-refractivity contribution is 6.31. The Morgan fingerprint density at radius 2 is 1.91 bits per heavy atom. The fourth-order valence-corrected chi connectivity index (χ4v) is 3.12. The van der Waals surface area contributed by atoms with E-state index in [0.717, 1.165) is 35.9 Å². The van der Waals surface area contributed by atoms with Gasteiger partial charge in [-0.3, -0.25) is 0 Å². The van der Waals surface area contributed by atoms with Crippen molar-refractivity contribution in [3.05, 3.63) is 58.5 Å². The third-order valence-corrected chi connectivity index (χ3v) is 4.44. The zero-order valence-corrected chi connectivity index (χ0v) is 14.7. The van der Waals surface area contributed by atoms with Crippen LogP contribution in [0, 0.1) is 6.92 Å². The summed E-state index contributed by atoms with van der Waals surface area (Å²) in [5, 5.41) is 4.44. The highest BCUT2D eigenvalue weighted by Gasteiger charge is 2.26. The van der Waals surface area contributed by atoms with Crippen molar-refractivity contribution in [1.82, 2.24) is 5.32 Å². The van der Waals surface area contributed by atoms with Gasteiger partial charge in [0.05, 0.1) is 0 Å². The zero-order valence-electron chi connectivity index (χ0n) is 13.9. The van der Waals surface area contributed by atoms with Crippen molar-refractivity contribution in [1.29, 1.82) is 0 Å². The van der Waals surface area contributed by atoms with Crippen LogP contribution in [0.2, 0.25) is 5.02 Å². The van der Waals surface area contributed by atoms with E-state index in [1.165, 1.54) is 5.56 Å². The van der Waals surface area contributed by atoms with Crippen molar-refractivity contribution in [3.63, 3.8) is 0 Å². The first-order valence-electron chi connectivity index (χ1n) is 7.92. The molecule has 1 atom stereocenters. The number of hydrogen-bond acceptors (Lipinski definition) is 2. The molecule has 2 rings (SSSR count). The second kappa shape index (κ2) is 7.34. The van der Waals surface area contributed by atoms with Crippen LogP contribution in [0.3, 0.4) is 0 Å². The van der Waals surface area contributed by atoms with Crippen molar-refractivity contribution in [2.24, 2.45) is 0 Å². The molecule has 1 aromatic carbocycles. The van der Waals surface area contributed by atoms with Crippen molar-refractivity contribution in [3.8, 4) is 0 Å². The molecule has 0 aliphatic heterocycles. The minimum Gasteiger partial charge on any atom is -0.466 e. The highest BCUT2D eigenvalue weighted by Crippen LogP contribution is 2.29. The van der Waals surface area contributed by atoms with Gasteiger partial charge in [0, 0.05) is 16.5 Å². The molecule has 0 aliphatic carbocycles. The zero-order chi connectivity index (χ0) is 16.2. The van der Waals surface area contributed by atoms with Gasteiger partial charge >= 0.3 is 0 Å². The minimum atomic E-state index is 0.0328. The molecular weight excluding hydrogens is 294 g/mol. The largest absolute Gasteiger partial charge is 0.466 e. The number of nitrogens with one attached hydrogen (secondary N) is 1. The Labute approximate surface area is 138 Å². The van der Waals surface area contributed by atoms with Gasteiger partial charge in [-0.25, -0.2) is 0 Å². The Morgan fingerprint density at radius 3 is 2.55 bits per heavy atom. The van der Waals surface area contributed by atoms with Crippen molar-refractivity contribution < 1.29 is 4.42 Å². The molecule has 1 heterocycles. The molecular formula is C19H26ClNO. The molecule has 0 amide bonds. The lowest BCUT2D eigenvalue weighted by molar-refractivity contribution is 0.320. The molecule has 2 aromatic rings. The van der Waals surface area contributed by atoms with E-state index in [2.05, 4.69) is 38.2 Å². The van der Waals surface area contributed by atoms with Gasteiger partial charge in [0.25, 0.3) is 0 Å². The molecule has 0 spiro atoms.